The molecule has 2 saturated carbocycles. The fourth-order valence-corrected chi connectivity index (χ4v) is 11.7. The zero-order chi connectivity index (χ0) is 32.7. The van der Waals surface area contributed by atoms with Gasteiger partial charge in [-0.2, -0.15) is 0 Å². The van der Waals surface area contributed by atoms with Crippen molar-refractivity contribution in [2.75, 3.05) is 16.8 Å². The molecule has 3 fully saturated rings. The molecule has 8 nitrogen and oxygen atoms in total. The predicted octanol–water partition coefficient (Wildman–Crippen LogP) is 6.59. The van der Waals surface area contributed by atoms with Gasteiger partial charge in [0.05, 0.1) is 22.5 Å². The van der Waals surface area contributed by atoms with Gasteiger partial charge in [-0.3, -0.25) is 24.1 Å². The van der Waals surface area contributed by atoms with Crippen LogP contribution in [-0.2, 0) is 14.4 Å². The summed E-state index contributed by atoms with van der Waals surface area (Å²) in [5, 5.41) is 5.92. The number of hydrogen-bond acceptors (Lipinski definition) is 7. The number of aromatic amines is 1. The molecule has 2 aliphatic carbocycles. The molecule has 1 aromatic heterocycles. The van der Waals surface area contributed by atoms with Crippen LogP contribution in [-0.4, -0.2) is 34.6 Å². The van der Waals surface area contributed by atoms with Gasteiger partial charge in [0.15, 0.2) is 6.61 Å². The summed E-state index contributed by atoms with van der Waals surface area (Å²) in [5.41, 5.74) is 3.41. The van der Waals surface area contributed by atoms with E-state index < -0.39 is 0 Å². The number of thiazole rings is 1. The molecular formula is C38H31N3O5S2. The minimum atomic E-state index is -0.373. The second-order valence-corrected chi connectivity index (χ2v) is 15.4. The van der Waals surface area contributed by atoms with Crippen LogP contribution in [0.4, 0.5) is 11.4 Å². The zero-order valence-corrected chi connectivity index (χ0v) is 27.6. The summed E-state index contributed by atoms with van der Waals surface area (Å²) in [6.07, 6.45) is 0.817. The Balaban J connectivity index is 0.999. The predicted molar refractivity (Wildman–Crippen MR) is 187 cm³/mol. The van der Waals surface area contributed by atoms with E-state index in [0.717, 1.165) is 43.9 Å². The molecule has 10 heteroatoms. The van der Waals surface area contributed by atoms with Gasteiger partial charge in [0.2, 0.25) is 11.8 Å². The number of ether oxygens (including phenoxy) is 1. The number of benzene rings is 4. The molecule has 2 aliphatic heterocycles. The van der Waals surface area contributed by atoms with Gasteiger partial charge in [-0.1, -0.05) is 77.6 Å². The van der Waals surface area contributed by atoms with Gasteiger partial charge in [-0.05, 0) is 72.4 Å². The maximum absolute atomic E-state index is 14.0. The third-order valence-electron chi connectivity index (χ3n) is 10.7. The fraction of sp³-hybridized carbons (Fsp3) is 0.263. The number of fused-ring (bicyclic) bond motifs is 10. The number of carbonyl (C=O) groups excluding carboxylic acids is 3. The Kier molecular flexibility index (Phi) is 6.88. The molecule has 48 heavy (non-hydrogen) atoms. The van der Waals surface area contributed by atoms with Crippen molar-refractivity contribution in [2.24, 2.45) is 29.6 Å². The van der Waals surface area contributed by atoms with E-state index in [1.54, 1.807) is 11.8 Å². The molecule has 4 aliphatic rings. The van der Waals surface area contributed by atoms with Gasteiger partial charge in [0.25, 0.3) is 5.91 Å². The van der Waals surface area contributed by atoms with Crippen molar-refractivity contribution in [3.63, 3.8) is 0 Å². The number of H-pyrrole nitrogens is 1. The molecule has 0 spiro atoms. The van der Waals surface area contributed by atoms with E-state index >= 15 is 0 Å². The van der Waals surface area contributed by atoms with Gasteiger partial charge in [-0.25, -0.2) is 0 Å². The Hall–Kier alpha value is -4.67. The van der Waals surface area contributed by atoms with Gasteiger partial charge in [0, 0.05) is 27.1 Å². The van der Waals surface area contributed by atoms with E-state index in [0.29, 0.717) is 11.4 Å². The van der Waals surface area contributed by atoms with E-state index in [1.165, 1.54) is 16.2 Å². The monoisotopic (exact) mass is 673 g/mol. The summed E-state index contributed by atoms with van der Waals surface area (Å²) in [7, 11) is 0. The molecule has 0 unspecified atom stereocenters. The van der Waals surface area contributed by atoms with E-state index in [-0.39, 0.29) is 70.0 Å². The molecule has 3 heterocycles. The maximum atomic E-state index is 14.0. The number of imide groups is 1. The first-order valence-corrected chi connectivity index (χ1v) is 17.9. The van der Waals surface area contributed by atoms with Crippen LogP contribution in [0.1, 0.15) is 28.3 Å². The zero-order valence-electron chi connectivity index (χ0n) is 25.9. The van der Waals surface area contributed by atoms with Gasteiger partial charge in [-0.15, -0.1) is 11.8 Å². The number of aryl methyl sites for hydroxylation is 1. The maximum Gasteiger partial charge on any atom is 0.305 e. The van der Waals surface area contributed by atoms with Crippen molar-refractivity contribution in [2.45, 2.75) is 29.5 Å². The van der Waals surface area contributed by atoms with Crippen LogP contribution in [0.2, 0.25) is 0 Å². The average Bonchev–Trinajstić information content (AvgIpc) is 3.83. The third kappa shape index (κ3) is 4.57. The Bertz CT molecular complexity index is 2190. The Morgan fingerprint density at radius 1 is 0.917 bits per heavy atom. The lowest BCUT2D eigenvalue weighted by atomic mass is 9.68. The van der Waals surface area contributed by atoms with Gasteiger partial charge in [0.1, 0.15) is 5.75 Å². The first-order valence-electron chi connectivity index (χ1n) is 16.2. The summed E-state index contributed by atoms with van der Waals surface area (Å²) >= 11 is 2.89. The van der Waals surface area contributed by atoms with Gasteiger partial charge >= 0.3 is 4.87 Å². The lowest BCUT2D eigenvalue weighted by molar-refractivity contribution is -0.123. The number of aromatic nitrogens is 1. The average molecular weight is 674 g/mol. The van der Waals surface area contributed by atoms with Crippen molar-refractivity contribution in [3.05, 3.63) is 117 Å². The summed E-state index contributed by atoms with van der Waals surface area (Å²) in [4.78, 5) is 58.9. The van der Waals surface area contributed by atoms with Crippen molar-refractivity contribution >= 4 is 63.0 Å². The molecule has 2 bridgehead atoms. The number of hydrogen-bond donors (Lipinski definition) is 2. The van der Waals surface area contributed by atoms with Crippen LogP contribution in [0.5, 0.6) is 5.75 Å². The minimum Gasteiger partial charge on any atom is -0.484 e. The number of carbonyl (C=O) groups is 3. The summed E-state index contributed by atoms with van der Waals surface area (Å²) in [6, 6.07) is 29.0. The summed E-state index contributed by atoms with van der Waals surface area (Å²) in [6.45, 7) is 1.82. The lowest BCUT2D eigenvalue weighted by Gasteiger charge is -2.43. The highest BCUT2D eigenvalue weighted by Crippen LogP contribution is 2.68. The number of rotatable bonds is 6. The van der Waals surface area contributed by atoms with Gasteiger partial charge < -0.3 is 15.0 Å². The van der Waals surface area contributed by atoms with Crippen LogP contribution < -0.4 is 19.8 Å². The highest BCUT2D eigenvalue weighted by molar-refractivity contribution is 8.00. The second-order valence-electron chi connectivity index (χ2n) is 13.2. The molecule has 5 aromatic rings. The largest absolute Gasteiger partial charge is 0.484 e. The number of anilines is 2. The third-order valence-corrected chi connectivity index (χ3v) is 13.3. The quantitative estimate of drug-likeness (QED) is 0.197. The summed E-state index contributed by atoms with van der Waals surface area (Å²) < 4.78 is 6.03. The van der Waals surface area contributed by atoms with Crippen molar-refractivity contribution in [1.82, 2.24) is 4.98 Å². The van der Waals surface area contributed by atoms with Crippen molar-refractivity contribution in [3.8, 4) is 5.75 Å². The number of amides is 3. The molecule has 2 N–H and O–H groups in total. The molecule has 0 radical (unpaired) electrons. The van der Waals surface area contributed by atoms with Crippen LogP contribution in [0.25, 0.3) is 10.8 Å². The van der Waals surface area contributed by atoms with Crippen LogP contribution in [0.15, 0.2) is 101 Å². The molecule has 240 valence electrons. The SMILES string of the molecule is Cc1ccc(N2C(=O)[C@H]3[C@H]4C[C@@H]([C@@H]3C2=O)[C@@H]2[C@H](c3cccc(OCC(=O)Nc5cccc6ccccc56)c3)c3sc(=O)[nH]c3S[C@H]42)cc1. The van der Waals surface area contributed by atoms with Crippen molar-refractivity contribution in [1.29, 1.82) is 0 Å². The van der Waals surface area contributed by atoms with Crippen LogP contribution >= 0.6 is 23.1 Å². The molecule has 4 aromatic carbocycles. The lowest BCUT2D eigenvalue weighted by Crippen LogP contribution is -2.42. The van der Waals surface area contributed by atoms with Crippen LogP contribution in [0, 0.1) is 36.5 Å². The first kappa shape index (κ1) is 29.5. The molecule has 9 rings (SSSR count). The number of thioether (sulfide) groups is 1. The molecular weight excluding hydrogens is 643 g/mol. The normalized spacial score (nSPS) is 26.8. The Morgan fingerprint density at radius 3 is 2.50 bits per heavy atom. The highest BCUT2D eigenvalue weighted by Gasteiger charge is 2.69. The topological polar surface area (TPSA) is 109 Å². The Morgan fingerprint density at radius 2 is 1.67 bits per heavy atom. The van der Waals surface area contributed by atoms with E-state index in [9.17, 15) is 19.2 Å². The number of nitrogens with one attached hydrogen (secondary N) is 2. The smallest absolute Gasteiger partial charge is 0.305 e. The van der Waals surface area contributed by atoms with E-state index in [2.05, 4.69) is 10.3 Å². The first-order chi connectivity index (χ1) is 23.4. The second kappa shape index (κ2) is 11.2. The Labute approximate surface area is 284 Å². The minimum absolute atomic E-state index is 0.01000. The standard InChI is InChI=1S/C38H31N3O5S2/c1-19-12-14-22(15-13-19)41-36(43)31-25-17-26(32(31)37(41)44)33-30(25)29(34-35(47-33)40-38(45)48-34)21-8-4-9-23(16-21)46-18-28(42)39-27-11-5-7-20-6-2-3-10-24(20)27/h2-16,25-26,29-33H,17-18H2,1H3,(H,39,42)(H,40,45)/t25-,26-,29+,30-,31+,32+,33-/m1/s1. The van der Waals surface area contributed by atoms with E-state index in [4.69, 9.17) is 4.74 Å². The summed E-state index contributed by atoms with van der Waals surface area (Å²) in [5.74, 6) is -0.659. The van der Waals surface area contributed by atoms with Crippen molar-refractivity contribution < 1.29 is 19.1 Å². The molecule has 7 atom stereocenters. The molecule has 1 saturated heterocycles. The molecule has 3 amide bonds. The highest BCUT2D eigenvalue weighted by atomic mass is 32.2. The van der Waals surface area contributed by atoms with Crippen LogP contribution in [0.3, 0.4) is 0 Å². The number of nitrogens with zero attached hydrogens (tertiary/aromatic N) is 1. The fourth-order valence-electron chi connectivity index (χ4n) is 8.81. The van der Waals surface area contributed by atoms with E-state index in [1.807, 2.05) is 97.9 Å².